The van der Waals surface area contributed by atoms with Crippen molar-refractivity contribution in [1.82, 2.24) is 0 Å². The third-order valence-corrected chi connectivity index (χ3v) is 2.34. The van der Waals surface area contributed by atoms with E-state index in [4.69, 9.17) is 15.9 Å². The van der Waals surface area contributed by atoms with Crippen LogP contribution in [0.3, 0.4) is 0 Å². The minimum atomic E-state index is -1.41. The number of carbonyl (C=O) groups is 1. The molecule has 0 aliphatic carbocycles. The molecule has 0 saturated carbocycles. The van der Waals surface area contributed by atoms with Crippen LogP contribution in [0.15, 0.2) is 4.99 Å². The number of hydrogen-bond donors (Lipinski definition) is 3. The fourth-order valence-electron chi connectivity index (χ4n) is 0.697. The summed E-state index contributed by atoms with van der Waals surface area (Å²) >= 11 is 1.13. The van der Waals surface area contributed by atoms with E-state index in [1.165, 1.54) is 6.21 Å². The maximum absolute atomic E-state index is 10.2. The number of rotatable bonds is 2. The number of carboxylic acid groups (broad SMARTS) is 1. The Morgan fingerprint density at radius 1 is 1.82 bits per heavy atom. The molecule has 0 bridgehead atoms. The van der Waals surface area contributed by atoms with Crippen molar-refractivity contribution in [3.8, 4) is 0 Å². The summed E-state index contributed by atoms with van der Waals surface area (Å²) in [6.45, 7) is 0. The summed E-state index contributed by atoms with van der Waals surface area (Å²) in [6, 6.07) is 0. The summed E-state index contributed by atoms with van der Waals surface area (Å²) in [4.78, 5) is 13.9. The number of aliphatic imine (C=N–C) groups is 1. The highest BCUT2D eigenvalue weighted by Crippen LogP contribution is 2.22. The Morgan fingerprint density at radius 2 is 2.45 bits per heavy atom. The van der Waals surface area contributed by atoms with Crippen LogP contribution in [0.5, 0.6) is 0 Å². The maximum atomic E-state index is 10.2. The van der Waals surface area contributed by atoms with Gasteiger partial charge >= 0.3 is 5.97 Å². The van der Waals surface area contributed by atoms with Gasteiger partial charge in [-0.25, -0.2) is 4.79 Å². The zero-order valence-electron chi connectivity index (χ0n) is 5.54. The number of aliphatic hydroxyl groups is 1. The average Bonchev–Trinajstić information content (AvgIpc) is 2.34. The first-order valence-corrected chi connectivity index (χ1v) is 3.91. The van der Waals surface area contributed by atoms with Crippen LogP contribution in [0.4, 0.5) is 0 Å². The van der Waals surface area contributed by atoms with E-state index in [0.29, 0.717) is 0 Å². The first-order valence-electron chi connectivity index (χ1n) is 2.96. The third-order valence-electron chi connectivity index (χ3n) is 1.24. The molecule has 6 heteroatoms. The Hall–Kier alpha value is -0.590. The van der Waals surface area contributed by atoms with Crippen molar-refractivity contribution in [2.75, 3.05) is 0 Å². The van der Waals surface area contributed by atoms with Gasteiger partial charge in [0.05, 0.1) is 5.25 Å². The van der Waals surface area contributed by atoms with Crippen molar-refractivity contribution in [2.24, 2.45) is 10.7 Å². The van der Waals surface area contributed by atoms with Crippen molar-refractivity contribution < 1.29 is 15.0 Å². The van der Waals surface area contributed by atoms with Gasteiger partial charge in [-0.1, -0.05) is 0 Å². The molecule has 3 unspecified atom stereocenters. The number of hydrogen-bond acceptors (Lipinski definition) is 5. The lowest BCUT2D eigenvalue weighted by molar-refractivity contribution is -0.145. The van der Waals surface area contributed by atoms with Crippen LogP contribution in [-0.4, -0.2) is 39.2 Å². The normalized spacial score (nSPS) is 32.2. The largest absolute Gasteiger partial charge is 0.479 e. The quantitative estimate of drug-likeness (QED) is 0.494. The van der Waals surface area contributed by atoms with Crippen LogP contribution in [0.25, 0.3) is 0 Å². The molecule has 0 aromatic heterocycles. The van der Waals surface area contributed by atoms with E-state index in [9.17, 15) is 4.79 Å². The number of carboxylic acids is 1. The van der Waals surface area contributed by atoms with Crippen LogP contribution in [-0.2, 0) is 4.79 Å². The van der Waals surface area contributed by atoms with Crippen LogP contribution in [0, 0.1) is 0 Å². The Balaban J connectivity index is 2.51. The monoisotopic (exact) mass is 176 g/mol. The second-order valence-electron chi connectivity index (χ2n) is 2.07. The van der Waals surface area contributed by atoms with Gasteiger partial charge in [-0.15, -0.1) is 11.8 Å². The fourth-order valence-corrected chi connectivity index (χ4v) is 1.57. The lowest BCUT2D eigenvalue weighted by Gasteiger charge is -2.09. The molecule has 0 fully saturated rings. The minimum Gasteiger partial charge on any atom is -0.479 e. The van der Waals surface area contributed by atoms with E-state index in [0.717, 1.165) is 11.8 Å². The van der Waals surface area contributed by atoms with E-state index in [1.807, 2.05) is 0 Å². The first-order chi connectivity index (χ1) is 5.11. The summed E-state index contributed by atoms with van der Waals surface area (Å²) in [5.41, 5.74) is 4.89. The highest BCUT2D eigenvalue weighted by Gasteiger charge is 2.29. The molecular weight excluding hydrogens is 168 g/mol. The highest BCUT2D eigenvalue weighted by atomic mass is 32.2. The number of thioether (sulfide) groups is 1. The summed E-state index contributed by atoms with van der Waals surface area (Å²) in [6.07, 6.45) is -0.0361. The average molecular weight is 176 g/mol. The van der Waals surface area contributed by atoms with Gasteiger partial charge in [0.2, 0.25) is 0 Å². The molecule has 1 rings (SSSR count). The van der Waals surface area contributed by atoms with Crippen molar-refractivity contribution in [2.45, 2.75) is 16.9 Å². The van der Waals surface area contributed by atoms with Gasteiger partial charge in [-0.3, -0.25) is 4.99 Å². The molecule has 0 saturated heterocycles. The lowest BCUT2D eigenvalue weighted by atomic mass is 10.3. The predicted molar refractivity (Wildman–Crippen MR) is 41.5 cm³/mol. The predicted octanol–water partition coefficient (Wildman–Crippen LogP) is -1.14. The van der Waals surface area contributed by atoms with Crippen LogP contribution in [0.2, 0.25) is 0 Å². The Morgan fingerprint density at radius 3 is 2.82 bits per heavy atom. The van der Waals surface area contributed by atoms with Crippen LogP contribution in [0.1, 0.15) is 0 Å². The molecule has 3 atom stereocenters. The van der Waals surface area contributed by atoms with Crippen LogP contribution >= 0.6 is 11.8 Å². The molecule has 1 heterocycles. The molecule has 5 nitrogen and oxygen atoms in total. The summed E-state index contributed by atoms with van der Waals surface area (Å²) in [5.74, 6) is -1.25. The van der Waals surface area contributed by atoms with E-state index < -0.39 is 22.8 Å². The molecule has 0 spiro atoms. The highest BCUT2D eigenvalue weighted by molar-refractivity contribution is 8.01. The Bertz CT molecular complexity index is 196. The molecule has 62 valence electrons. The Kier molecular flexibility index (Phi) is 2.48. The lowest BCUT2D eigenvalue weighted by Crippen LogP contribution is -2.31. The molecule has 4 N–H and O–H groups in total. The maximum Gasteiger partial charge on any atom is 0.334 e. The second kappa shape index (κ2) is 3.21. The van der Waals surface area contributed by atoms with Gasteiger partial charge in [0.25, 0.3) is 0 Å². The Labute approximate surface area is 67.3 Å². The van der Waals surface area contributed by atoms with Crippen molar-refractivity contribution in [1.29, 1.82) is 0 Å². The smallest absolute Gasteiger partial charge is 0.334 e. The topological polar surface area (TPSA) is 95.9 Å². The van der Waals surface area contributed by atoms with Gasteiger partial charge in [0.15, 0.2) is 6.10 Å². The zero-order valence-corrected chi connectivity index (χ0v) is 6.36. The van der Waals surface area contributed by atoms with Gasteiger partial charge in [-0.05, 0) is 0 Å². The number of aliphatic carboxylic acids is 1. The zero-order chi connectivity index (χ0) is 8.43. The molecule has 0 aromatic carbocycles. The van der Waals surface area contributed by atoms with Crippen LogP contribution < -0.4 is 5.73 Å². The number of nitrogens with zero attached hydrogens (tertiary/aromatic N) is 1. The molecule has 11 heavy (non-hydrogen) atoms. The van der Waals surface area contributed by atoms with E-state index in [1.54, 1.807) is 0 Å². The molecule has 0 radical (unpaired) electrons. The van der Waals surface area contributed by atoms with E-state index in [-0.39, 0.29) is 0 Å². The van der Waals surface area contributed by atoms with Gasteiger partial charge in [0.1, 0.15) is 5.50 Å². The fraction of sp³-hybridized carbons (Fsp3) is 0.600. The van der Waals surface area contributed by atoms with E-state index in [2.05, 4.69) is 4.99 Å². The van der Waals surface area contributed by atoms with Crippen molar-refractivity contribution >= 4 is 23.9 Å². The number of nitrogens with two attached hydrogens (primary N) is 1. The molecule has 0 aromatic rings. The molecule has 1 aliphatic heterocycles. The standard InChI is InChI=1S/C5H8N2O3S/c6-5-7-1-2(11-5)3(8)4(9)10/h1-3,5,8H,6H2,(H,9,10). The summed E-state index contributed by atoms with van der Waals surface area (Å²) in [7, 11) is 0. The van der Waals surface area contributed by atoms with Crippen molar-refractivity contribution in [3.05, 3.63) is 0 Å². The minimum absolute atomic E-state index is 0.436. The number of aliphatic hydroxyl groups excluding tert-OH is 1. The van der Waals surface area contributed by atoms with Gasteiger partial charge in [-0.2, -0.15) is 0 Å². The summed E-state index contributed by atoms with van der Waals surface area (Å²) < 4.78 is 0. The molecule has 1 aliphatic rings. The SMILES string of the molecule is NC1N=CC(C(O)C(=O)O)S1. The third kappa shape index (κ3) is 1.92. The molecule has 0 amide bonds. The summed E-state index contributed by atoms with van der Waals surface area (Å²) in [5, 5.41) is 16.8. The van der Waals surface area contributed by atoms with Gasteiger partial charge < -0.3 is 15.9 Å². The van der Waals surface area contributed by atoms with Crippen molar-refractivity contribution in [3.63, 3.8) is 0 Å². The molecular formula is C5H8N2O3S. The van der Waals surface area contributed by atoms with Gasteiger partial charge in [0, 0.05) is 6.21 Å². The second-order valence-corrected chi connectivity index (χ2v) is 3.37. The van der Waals surface area contributed by atoms with E-state index >= 15 is 0 Å². The first kappa shape index (κ1) is 8.51.